The molecule has 8 heteroatoms. The Morgan fingerprint density at radius 1 is 1.06 bits per heavy atom. The summed E-state index contributed by atoms with van der Waals surface area (Å²) in [6.07, 6.45) is 7.64. The van der Waals surface area contributed by atoms with E-state index in [1.807, 2.05) is 36.4 Å². The van der Waals surface area contributed by atoms with Crippen molar-refractivity contribution in [2.45, 2.75) is 42.7 Å². The number of thioether (sulfide) groups is 1. The number of nitrogens with one attached hydrogen (secondary N) is 1. The first kappa shape index (κ1) is 22.4. The fourth-order valence-electron chi connectivity index (χ4n) is 4.97. The highest BCUT2D eigenvalue weighted by Crippen LogP contribution is 2.34. The van der Waals surface area contributed by atoms with Crippen molar-refractivity contribution in [1.29, 1.82) is 0 Å². The van der Waals surface area contributed by atoms with Gasteiger partial charge in [0.05, 0.1) is 30.7 Å². The largest absolute Gasteiger partial charge is 0.461 e. The molecule has 1 aliphatic heterocycles. The highest BCUT2D eigenvalue weighted by Gasteiger charge is 2.38. The predicted octanol–water partition coefficient (Wildman–Crippen LogP) is 4.13. The van der Waals surface area contributed by atoms with Crippen LogP contribution < -0.4 is 5.32 Å². The highest BCUT2D eigenvalue weighted by molar-refractivity contribution is 8.00. The number of carbonyl (C=O) groups excluding carboxylic acids is 1. The molecule has 1 saturated carbocycles. The van der Waals surface area contributed by atoms with Gasteiger partial charge in [-0.2, -0.15) is 0 Å². The molecule has 0 unspecified atom stereocenters. The van der Waals surface area contributed by atoms with E-state index in [0.717, 1.165) is 55.1 Å². The molecule has 0 atom stereocenters. The number of hydrogen-bond donors (Lipinski definition) is 1. The number of para-hydroxylation sites is 1. The molecule has 5 rings (SSSR count). The number of furan rings is 1. The van der Waals surface area contributed by atoms with Crippen molar-refractivity contribution in [3.63, 3.8) is 0 Å². The van der Waals surface area contributed by atoms with Crippen molar-refractivity contribution < 1.29 is 13.9 Å². The van der Waals surface area contributed by atoms with Crippen LogP contribution in [0.15, 0.2) is 52.1 Å². The van der Waals surface area contributed by atoms with Crippen molar-refractivity contribution >= 4 is 28.6 Å². The first-order chi connectivity index (χ1) is 16.2. The van der Waals surface area contributed by atoms with Gasteiger partial charge >= 0.3 is 0 Å². The smallest absolute Gasteiger partial charge is 0.230 e. The SMILES string of the molecule is O=C(CSc1nc(-c2ccco2)nc2ccccc12)NCC1(N2CCOCC2)CCCCC1. The molecular formula is C25H30N4O3S. The molecule has 2 aromatic heterocycles. The Morgan fingerprint density at radius 2 is 1.88 bits per heavy atom. The van der Waals surface area contributed by atoms with Gasteiger partial charge in [0.25, 0.3) is 0 Å². The first-order valence-corrected chi connectivity index (χ1v) is 12.8. The van der Waals surface area contributed by atoms with Gasteiger partial charge in [0.1, 0.15) is 5.03 Å². The van der Waals surface area contributed by atoms with Crippen molar-refractivity contribution in [2.75, 3.05) is 38.6 Å². The lowest BCUT2D eigenvalue weighted by atomic mass is 9.79. The number of morpholine rings is 1. The summed E-state index contributed by atoms with van der Waals surface area (Å²) >= 11 is 1.45. The van der Waals surface area contributed by atoms with Gasteiger partial charge in [0, 0.05) is 30.6 Å². The number of carbonyl (C=O) groups is 1. The number of hydrogen-bond acceptors (Lipinski definition) is 7. The maximum atomic E-state index is 12.9. The van der Waals surface area contributed by atoms with Crippen molar-refractivity contribution in [2.24, 2.45) is 0 Å². The average Bonchev–Trinajstić information content (AvgIpc) is 3.42. The van der Waals surface area contributed by atoms with Crippen LogP contribution in [0.25, 0.3) is 22.5 Å². The quantitative estimate of drug-likeness (QED) is 0.414. The lowest BCUT2D eigenvalue weighted by Crippen LogP contribution is -2.59. The van der Waals surface area contributed by atoms with Gasteiger partial charge < -0.3 is 14.5 Å². The fourth-order valence-corrected chi connectivity index (χ4v) is 5.82. The minimum Gasteiger partial charge on any atom is -0.461 e. The van der Waals surface area contributed by atoms with Crippen LogP contribution in [0.5, 0.6) is 0 Å². The van der Waals surface area contributed by atoms with Gasteiger partial charge in [-0.25, -0.2) is 9.97 Å². The first-order valence-electron chi connectivity index (χ1n) is 11.8. The fraction of sp³-hybridized carbons (Fsp3) is 0.480. The Bertz CT molecular complexity index is 1080. The molecule has 1 saturated heterocycles. The van der Waals surface area contributed by atoms with E-state index in [1.54, 1.807) is 6.26 Å². The van der Waals surface area contributed by atoms with Gasteiger partial charge in [0.2, 0.25) is 5.91 Å². The third-order valence-corrected chi connectivity index (χ3v) is 7.72. The summed E-state index contributed by atoms with van der Waals surface area (Å²) in [5.41, 5.74) is 0.909. The van der Waals surface area contributed by atoms with Crippen LogP contribution >= 0.6 is 11.8 Å². The lowest BCUT2D eigenvalue weighted by Gasteiger charge is -2.48. The van der Waals surface area contributed by atoms with Gasteiger partial charge in [-0.15, -0.1) is 0 Å². The molecule has 1 amide bonds. The number of amides is 1. The second-order valence-electron chi connectivity index (χ2n) is 8.80. The average molecular weight is 467 g/mol. The van der Waals surface area contributed by atoms with Crippen LogP contribution in [-0.4, -0.2) is 64.9 Å². The number of rotatable bonds is 7. The van der Waals surface area contributed by atoms with Gasteiger partial charge in [0.15, 0.2) is 11.6 Å². The van der Waals surface area contributed by atoms with Crippen LogP contribution in [-0.2, 0) is 9.53 Å². The Kier molecular flexibility index (Phi) is 6.94. The molecular weight excluding hydrogens is 436 g/mol. The maximum absolute atomic E-state index is 12.9. The summed E-state index contributed by atoms with van der Waals surface area (Å²) in [6.45, 7) is 4.17. The third kappa shape index (κ3) is 5.08. The van der Waals surface area contributed by atoms with E-state index in [0.29, 0.717) is 23.9 Å². The second kappa shape index (κ2) is 10.2. The molecule has 33 heavy (non-hydrogen) atoms. The summed E-state index contributed by atoms with van der Waals surface area (Å²) in [6, 6.07) is 11.6. The van der Waals surface area contributed by atoms with E-state index < -0.39 is 0 Å². The lowest BCUT2D eigenvalue weighted by molar-refractivity contribution is -0.119. The predicted molar refractivity (Wildman–Crippen MR) is 129 cm³/mol. The maximum Gasteiger partial charge on any atom is 0.230 e. The molecule has 2 fully saturated rings. The van der Waals surface area contributed by atoms with E-state index in [9.17, 15) is 4.79 Å². The van der Waals surface area contributed by atoms with Crippen molar-refractivity contribution in [3.05, 3.63) is 42.7 Å². The van der Waals surface area contributed by atoms with Crippen LogP contribution in [0.1, 0.15) is 32.1 Å². The van der Waals surface area contributed by atoms with Gasteiger partial charge in [-0.3, -0.25) is 9.69 Å². The van der Waals surface area contributed by atoms with Crippen LogP contribution in [0, 0.1) is 0 Å². The third-order valence-electron chi connectivity index (χ3n) is 6.73. The Labute approximate surface area is 198 Å². The van der Waals surface area contributed by atoms with E-state index in [4.69, 9.17) is 14.1 Å². The summed E-state index contributed by atoms with van der Waals surface area (Å²) in [5, 5.41) is 4.99. The number of benzene rings is 1. The van der Waals surface area contributed by atoms with E-state index in [2.05, 4.69) is 15.2 Å². The Morgan fingerprint density at radius 3 is 2.67 bits per heavy atom. The van der Waals surface area contributed by atoms with Crippen LogP contribution in [0.4, 0.5) is 0 Å². The van der Waals surface area contributed by atoms with Crippen molar-refractivity contribution in [1.82, 2.24) is 20.2 Å². The number of fused-ring (bicyclic) bond motifs is 1. The normalized spacial score (nSPS) is 18.9. The standard InChI is InChI=1S/C25H30N4O3S/c30-22(26-18-25(10-4-1-5-11-25)29-12-15-31-16-13-29)17-33-24-19-7-2-3-8-20(19)27-23(28-24)21-9-6-14-32-21/h2-3,6-9,14H,1,4-5,10-13,15-18H2,(H,26,30). The molecule has 0 radical (unpaired) electrons. The van der Waals surface area contributed by atoms with Gasteiger partial charge in [-0.05, 0) is 31.0 Å². The zero-order chi connectivity index (χ0) is 22.5. The van der Waals surface area contributed by atoms with Crippen LogP contribution in [0.2, 0.25) is 0 Å². The van der Waals surface area contributed by atoms with E-state index in [1.165, 1.54) is 31.0 Å². The summed E-state index contributed by atoms with van der Waals surface area (Å²) in [4.78, 5) is 24.8. The Hall–Kier alpha value is -2.42. The number of ether oxygens (including phenoxy) is 1. The topological polar surface area (TPSA) is 80.5 Å². The molecule has 1 aliphatic carbocycles. The number of aromatic nitrogens is 2. The molecule has 0 spiro atoms. The zero-order valence-electron chi connectivity index (χ0n) is 18.8. The van der Waals surface area contributed by atoms with E-state index in [-0.39, 0.29) is 11.4 Å². The molecule has 3 heterocycles. The minimum atomic E-state index is 0.0421. The molecule has 2 aliphatic rings. The highest BCUT2D eigenvalue weighted by atomic mass is 32.2. The molecule has 0 bridgehead atoms. The van der Waals surface area contributed by atoms with Crippen LogP contribution in [0.3, 0.4) is 0 Å². The van der Waals surface area contributed by atoms with Crippen molar-refractivity contribution in [3.8, 4) is 11.6 Å². The molecule has 1 aromatic carbocycles. The van der Waals surface area contributed by atoms with Gasteiger partial charge in [-0.1, -0.05) is 49.2 Å². The molecule has 3 aromatic rings. The molecule has 1 N–H and O–H groups in total. The monoisotopic (exact) mass is 466 g/mol. The summed E-state index contributed by atoms with van der Waals surface area (Å²) in [5.74, 6) is 1.52. The summed E-state index contributed by atoms with van der Waals surface area (Å²) in [7, 11) is 0. The van der Waals surface area contributed by atoms with E-state index >= 15 is 0 Å². The number of nitrogens with zero attached hydrogens (tertiary/aromatic N) is 3. The second-order valence-corrected chi connectivity index (χ2v) is 9.76. The Balaban J connectivity index is 1.27. The minimum absolute atomic E-state index is 0.0421. The molecule has 7 nitrogen and oxygen atoms in total. The molecule has 174 valence electrons. The zero-order valence-corrected chi connectivity index (χ0v) is 19.6. The summed E-state index contributed by atoms with van der Waals surface area (Å²) < 4.78 is 11.1.